The number of aromatic nitrogens is 4. The van der Waals surface area contributed by atoms with E-state index in [9.17, 15) is 9.59 Å². The minimum atomic E-state index is -0.393. The third kappa shape index (κ3) is 3.94. The number of nitrogens with one attached hydrogen (secondary N) is 1. The number of hydrogen-bond acceptors (Lipinski definition) is 6. The minimum Gasteiger partial charge on any atom is -0.497 e. The second-order valence-electron chi connectivity index (χ2n) is 7.21. The molecule has 1 saturated heterocycles. The molecule has 1 aliphatic heterocycles. The highest BCUT2D eigenvalue weighted by Gasteiger charge is 2.21. The molecule has 1 N–H and O–H groups in total. The molecule has 0 spiro atoms. The van der Waals surface area contributed by atoms with Gasteiger partial charge in [-0.2, -0.15) is 4.98 Å². The van der Waals surface area contributed by atoms with Crippen molar-refractivity contribution in [3.63, 3.8) is 0 Å². The van der Waals surface area contributed by atoms with Crippen LogP contribution < -0.4 is 20.6 Å². The molecule has 0 aliphatic carbocycles. The van der Waals surface area contributed by atoms with Crippen molar-refractivity contribution in [2.75, 3.05) is 23.9 Å². The van der Waals surface area contributed by atoms with E-state index >= 15 is 0 Å². The molecule has 4 rings (SSSR count). The van der Waals surface area contributed by atoms with Crippen molar-refractivity contribution in [2.24, 2.45) is 0 Å². The number of carbonyl (C=O) groups excluding carboxylic acids is 1. The van der Waals surface area contributed by atoms with Crippen LogP contribution in [-0.4, -0.2) is 44.8 Å². The molecule has 9 heteroatoms. The second kappa shape index (κ2) is 7.94. The number of nitrogens with zero attached hydrogens (tertiary/aromatic N) is 5. The zero-order valence-corrected chi connectivity index (χ0v) is 16.5. The number of amides is 1. The SMILES string of the molecule is COc1ccc(NC(=O)Cn2nc3nc(N4CCCCC4C)ccn3c2=O)cc1. The molecule has 2 aromatic heterocycles. The average Bonchev–Trinajstić information content (AvgIpc) is 3.03. The summed E-state index contributed by atoms with van der Waals surface area (Å²) in [6, 6.07) is 9.20. The molecule has 9 nitrogen and oxygen atoms in total. The Morgan fingerprint density at radius 3 is 2.76 bits per heavy atom. The Labute approximate surface area is 167 Å². The Hall–Kier alpha value is -3.36. The van der Waals surface area contributed by atoms with Crippen LogP contribution in [0.25, 0.3) is 5.78 Å². The standard InChI is InChI=1S/C20H24N6O3/c1-14-5-3-4-11-24(14)17-10-12-25-19(22-17)23-26(20(25)28)13-18(27)21-15-6-8-16(29-2)9-7-15/h6-10,12,14H,3-5,11,13H2,1-2H3,(H,21,27). The number of methoxy groups -OCH3 is 1. The predicted octanol–water partition coefficient (Wildman–Crippen LogP) is 1.92. The van der Waals surface area contributed by atoms with E-state index in [4.69, 9.17) is 4.74 Å². The molecule has 0 bridgehead atoms. The highest BCUT2D eigenvalue weighted by Crippen LogP contribution is 2.22. The number of hydrogen-bond donors (Lipinski definition) is 1. The lowest BCUT2D eigenvalue weighted by molar-refractivity contribution is -0.117. The van der Waals surface area contributed by atoms with Gasteiger partial charge in [0, 0.05) is 24.5 Å². The Bertz CT molecular complexity index is 1070. The summed E-state index contributed by atoms with van der Waals surface area (Å²) < 4.78 is 7.59. The monoisotopic (exact) mass is 396 g/mol. The summed E-state index contributed by atoms with van der Waals surface area (Å²) in [6.45, 7) is 2.93. The van der Waals surface area contributed by atoms with Gasteiger partial charge in [-0.25, -0.2) is 13.9 Å². The van der Waals surface area contributed by atoms with E-state index in [1.54, 1.807) is 37.6 Å². The number of rotatable bonds is 5. The Balaban J connectivity index is 1.52. The number of benzene rings is 1. The molecule has 1 aromatic carbocycles. The van der Waals surface area contributed by atoms with Gasteiger partial charge >= 0.3 is 5.69 Å². The number of carbonyl (C=O) groups is 1. The molecule has 3 aromatic rings. The summed E-state index contributed by atoms with van der Waals surface area (Å²) in [5.74, 6) is 1.46. The van der Waals surface area contributed by atoms with Crippen molar-refractivity contribution in [3.05, 3.63) is 47.0 Å². The number of piperidine rings is 1. The van der Waals surface area contributed by atoms with Gasteiger partial charge in [-0.1, -0.05) is 0 Å². The van der Waals surface area contributed by atoms with Crippen LogP contribution in [0.15, 0.2) is 41.3 Å². The van der Waals surface area contributed by atoms with Gasteiger partial charge in [0.25, 0.3) is 5.78 Å². The maximum atomic E-state index is 12.6. The first-order chi connectivity index (χ1) is 14.0. The molecule has 152 valence electrons. The van der Waals surface area contributed by atoms with E-state index in [1.807, 2.05) is 6.07 Å². The number of anilines is 2. The van der Waals surface area contributed by atoms with Crippen LogP contribution in [0.3, 0.4) is 0 Å². The average molecular weight is 396 g/mol. The summed E-state index contributed by atoms with van der Waals surface area (Å²) >= 11 is 0. The summed E-state index contributed by atoms with van der Waals surface area (Å²) in [4.78, 5) is 31.7. The molecule has 1 aliphatic rings. The van der Waals surface area contributed by atoms with Gasteiger partial charge in [0.05, 0.1) is 7.11 Å². The molecular formula is C20H24N6O3. The lowest BCUT2D eigenvalue weighted by Crippen LogP contribution is -2.38. The quantitative estimate of drug-likeness (QED) is 0.708. The fraction of sp³-hybridized carbons (Fsp3) is 0.400. The first-order valence-electron chi connectivity index (χ1n) is 9.72. The smallest absolute Gasteiger partial charge is 0.352 e. The van der Waals surface area contributed by atoms with E-state index in [0.29, 0.717) is 23.3 Å². The van der Waals surface area contributed by atoms with Gasteiger partial charge in [0.2, 0.25) is 5.91 Å². The fourth-order valence-corrected chi connectivity index (χ4v) is 3.61. The van der Waals surface area contributed by atoms with Crippen LogP contribution in [0.4, 0.5) is 11.5 Å². The third-order valence-corrected chi connectivity index (χ3v) is 5.20. The van der Waals surface area contributed by atoms with Gasteiger partial charge < -0.3 is 15.0 Å². The van der Waals surface area contributed by atoms with E-state index in [-0.39, 0.29) is 12.5 Å². The van der Waals surface area contributed by atoms with Crippen LogP contribution in [0.2, 0.25) is 0 Å². The van der Waals surface area contributed by atoms with Crippen molar-refractivity contribution in [2.45, 2.75) is 38.8 Å². The first-order valence-corrected chi connectivity index (χ1v) is 9.72. The van der Waals surface area contributed by atoms with E-state index < -0.39 is 5.69 Å². The number of fused-ring (bicyclic) bond motifs is 1. The third-order valence-electron chi connectivity index (χ3n) is 5.20. The highest BCUT2D eigenvalue weighted by atomic mass is 16.5. The van der Waals surface area contributed by atoms with Gasteiger partial charge in [-0.3, -0.25) is 4.79 Å². The van der Waals surface area contributed by atoms with Crippen molar-refractivity contribution in [1.82, 2.24) is 19.2 Å². The largest absolute Gasteiger partial charge is 0.497 e. The van der Waals surface area contributed by atoms with E-state index in [0.717, 1.165) is 29.9 Å². The Morgan fingerprint density at radius 1 is 1.24 bits per heavy atom. The van der Waals surface area contributed by atoms with E-state index in [1.165, 1.54) is 10.8 Å². The van der Waals surface area contributed by atoms with Crippen LogP contribution in [0.1, 0.15) is 26.2 Å². The molecular weight excluding hydrogens is 372 g/mol. The lowest BCUT2D eigenvalue weighted by Gasteiger charge is -2.34. The Morgan fingerprint density at radius 2 is 2.03 bits per heavy atom. The second-order valence-corrected chi connectivity index (χ2v) is 7.21. The van der Waals surface area contributed by atoms with Crippen molar-refractivity contribution >= 4 is 23.2 Å². The van der Waals surface area contributed by atoms with Gasteiger partial charge in [-0.05, 0) is 56.5 Å². The summed E-state index contributed by atoms with van der Waals surface area (Å²) in [6.07, 6.45) is 5.15. The molecule has 0 saturated carbocycles. The zero-order valence-electron chi connectivity index (χ0n) is 16.5. The van der Waals surface area contributed by atoms with Crippen molar-refractivity contribution < 1.29 is 9.53 Å². The molecule has 29 heavy (non-hydrogen) atoms. The van der Waals surface area contributed by atoms with Gasteiger partial charge in [-0.15, -0.1) is 5.10 Å². The highest BCUT2D eigenvalue weighted by molar-refractivity contribution is 5.90. The van der Waals surface area contributed by atoms with Gasteiger partial charge in [0.1, 0.15) is 18.1 Å². The molecule has 1 atom stereocenters. The van der Waals surface area contributed by atoms with Crippen molar-refractivity contribution in [3.8, 4) is 5.75 Å². The molecule has 0 radical (unpaired) electrons. The van der Waals surface area contributed by atoms with Crippen LogP contribution in [-0.2, 0) is 11.3 Å². The normalized spacial score (nSPS) is 16.8. The van der Waals surface area contributed by atoms with E-state index in [2.05, 4.69) is 27.2 Å². The molecule has 3 heterocycles. The zero-order chi connectivity index (χ0) is 20.4. The minimum absolute atomic E-state index is 0.191. The summed E-state index contributed by atoms with van der Waals surface area (Å²) in [5, 5.41) is 7.00. The van der Waals surface area contributed by atoms with Crippen LogP contribution in [0, 0.1) is 0 Å². The maximum Gasteiger partial charge on any atom is 0.352 e. The fourth-order valence-electron chi connectivity index (χ4n) is 3.61. The molecule has 1 unspecified atom stereocenters. The lowest BCUT2D eigenvalue weighted by atomic mass is 10.0. The summed E-state index contributed by atoms with van der Waals surface area (Å²) in [7, 11) is 1.58. The van der Waals surface area contributed by atoms with Crippen LogP contribution >= 0.6 is 0 Å². The summed E-state index contributed by atoms with van der Waals surface area (Å²) in [5.41, 5.74) is 0.225. The maximum absolute atomic E-state index is 12.6. The number of ether oxygens (including phenoxy) is 1. The molecule has 1 fully saturated rings. The molecule has 1 amide bonds. The van der Waals surface area contributed by atoms with Crippen LogP contribution in [0.5, 0.6) is 5.75 Å². The van der Waals surface area contributed by atoms with Gasteiger partial charge in [0.15, 0.2) is 0 Å². The first kappa shape index (κ1) is 19.0. The Kier molecular flexibility index (Phi) is 5.20. The van der Waals surface area contributed by atoms with Crippen molar-refractivity contribution in [1.29, 1.82) is 0 Å². The topological polar surface area (TPSA) is 93.8 Å². The predicted molar refractivity (Wildman–Crippen MR) is 110 cm³/mol.